The molecule has 0 N–H and O–H groups in total. The van der Waals surface area contributed by atoms with Gasteiger partial charge in [-0.2, -0.15) is 22.0 Å². The predicted octanol–water partition coefficient (Wildman–Crippen LogP) is 1.82. The summed E-state index contributed by atoms with van der Waals surface area (Å²) in [6.07, 6.45) is -9.62. The van der Waals surface area contributed by atoms with Crippen LogP contribution in [0, 0.1) is 5.92 Å². The highest BCUT2D eigenvalue weighted by molar-refractivity contribution is 7.93. The van der Waals surface area contributed by atoms with Gasteiger partial charge in [-0.25, -0.2) is 17.2 Å². The summed E-state index contributed by atoms with van der Waals surface area (Å²) in [7, 11) is -6.08. The molecule has 10 heteroatoms. The average molecular weight is 260 g/mol. The van der Waals surface area contributed by atoms with E-state index in [1.165, 1.54) is 0 Å². The van der Waals surface area contributed by atoms with Crippen LogP contribution in [0.4, 0.5) is 30.7 Å². The molecule has 1 rings (SSSR count). The first-order valence-electron chi connectivity index (χ1n) is 3.40. The lowest BCUT2D eigenvalue weighted by atomic mass is 10.1. The summed E-state index contributed by atoms with van der Waals surface area (Å²) < 4.78 is 107. The number of hydrogen-bond donors (Lipinski definition) is 0. The molecule has 0 saturated carbocycles. The molecule has 0 aromatic heterocycles. The Labute approximate surface area is 79.0 Å². The number of halogens is 7. The molecule has 2 nitrogen and oxygen atoms in total. The van der Waals surface area contributed by atoms with Gasteiger partial charge in [0.1, 0.15) is 0 Å². The average Bonchev–Trinajstić information content (AvgIpc) is 2.08. The van der Waals surface area contributed by atoms with Gasteiger partial charge in [0, 0.05) is 0 Å². The van der Waals surface area contributed by atoms with Crippen LogP contribution in [0.1, 0.15) is 0 Å². The number of sulfone groups is 1. The minimum atomic E-state index is -6.08. The Morgan fingerprint density at radius 2 is 1.47 bits per heavy atom. The molecule has 0 aromatic carbocycles. The second kappa shape index (κ2) is 2.98. The van der Waals surface area contributed by atoms with Crippen LogP contribution >= 0.6 is 0 Å². The van der Waals surface area contributed by atoms with Crippen molar-refractivity contribution in [2.75, 3.05) is 0 Å². The molecule has 0 spiro atoms. The molecule has 90 valence electrons. The molecular formula is C5H3F7O2S. The Morgan fingerprint density at radius 3 is 1.60 bits per heavy atom. The fourth-order valence-corrected chi connectivity index (χ4v) is 2.62. The SMILES string of the molecule is O=S1(=O)C(F)C(F)C(C(F)(F)F)C1(F)F. The standard InChI is InChI=1S/C5H3F7O2S/c6-1-2(4(8,9)10)5(11,12)15(13,14)3(1)7/h1-3H. The minimum Gasteiger partial charge on any atom is -0.242 e. The zero-order chi connectivity index (χ0) is 12.2. The van der Waals surface area contributed by atoms with Crippen molar-refractivity contribution in [1.29, 1.82) is 0 Å². The minimum absolute atomic E-state index is 3.80. The van der Waals surface area contributed by atoms with Gasteiger partial charge in [-0.05, 0) is 0 Å². The smallest absolute Gasteiger partial charge is 0.242 e. The molecule has 1 saturated heterocycles. The van der Waals surface area contributed by atoms with Crippen molar-refractivity contribution < 1.29 is 39.2 Å². The van der Waals surface area contributed by atoms with E-state index in [9.17, 15) is 39.2 Å². The van der Waals surface area contributed by atoms with Crippen LogP contribution in [-0.2, 0) is 9.84 Å². The van der Waals surface area contributed by atoms with Gasteiger partial charge >= 0.3 is 11.4 Å². The van der Waals surface area contributed by atoms with Gasteiger partial charge in [0.2, 0.25) is 5.50 Å². The number of rotatable bonds is 0. The summed E-state index contributed by atoms with van der Waals surface area (Å²) in [6.45, 7) is 0. The van der Waals surface area contributed by atoms with Crippen LogP contribution in [0.15, 0.2) is 0 Å². The quantitative estimate of drug-likeness (QED) is 0.622. The van der Waals surface area contributed by atoms with E-state index in [1.54, 1.807) is 0 Å². The molecule has 1 heterocycles. The molecule has 1 fully saturated rings. The maximum absolute atomic E-state index is 12.6. The fraction of sp³-hybridized carbons (Fsp3) is 1.00. The lowest BCUT2D eigenvalue weighted by Crippen LogP contribution is -2.41. The summed E-state index contributed by atoms with van der Waals surface area (Å²) in [6, 6.07) is 0. The van der Waals surface area contributed by atoms with E-state index in [2.05, 4.69) is 0 Å². The molecular weight excluding hydrogens is 257 g/mol. The van der Waals surface area contributed by atoms with Crippen molar-refractivity contribution in [1.82, 2.24) is 0 Å². The maximum atomic E-state index is 12.6. The molecule has 0 aliphatic carbocycles. The van der Waals surface area contributed by atoms with Gasteiger partial charge in [-0.15, -0.1) is 0 Å². The van der Waals surface area contributed by atoms with Crippen LogP contribution < -0.4 is 0 Å². The van der Waals surface area contributed by atoms with Crippen molar-refractivity contribution in [2.24, 2.45) is 5.92 Å². The molecule has 1 aliphatic rings. The third-order valence-electron chi connectivity index (χ3n) is 1.96. The van der Waals surface area contributed by atoms with Crippen LogP contribution in [0.2, 0.25) is 0 Å². The number of alkyl halides is 7. The Hall–Kier alpha value is -0.540. The van der Waals surface area contributed by atoms with E-state index in [1.807, 2.05) is 0 Å². The maximum Gasteiger partial charge on any atom is 0.401 e. The first-order chi connectivity index (χ1) is 6.44. The van der Waals surface area contributed by atoms with Crippen molar-refractivity contribution in [2.45, 2.75) is 23.1 Å². The number of hydrogen-bond acceptors (Lipinski definition) is 2. The lowest BCUT2D eigenvalue weighted by molar-refractivity contribution is -0.229. The van der Waals surface area contributed by atoms with Crippen LogP contribution in [0.5, 0.6) is 0 Å². The van der Waals surface area contributed by atoms with Crippen LogP contribution in [-0.4, -0.2) is 31.5 Å². The second-order valence-corrected chi connectivity index (χ2v) is 5.01. The van der Waals surface area contributed by atoms with Crippen LogP contribution in [0.25, 0.3) is 0 Å². The van der Waals surface area contributed by atoms with Gasteiger partial charge in [0.25, 0.3) is 9.84 Å². The molecule has 1 aliphatic heterocycles. The largest absolute Gasteiger partial charge is 0.401 e. The van der Waals surface area contributed by atoms with E-state index < -0.39 is 38.9 Å². The zero-order valence-corrected chi connectivity index (χ0v) is 7.42. The zero-order valence-electron chi connectivity index (χ0n) is 6.60. The highest BCUT2D eigenvalue weighted by Crippen LogP contribution is 2.53. The van der Waals surface area contributed by atoms with E-state index in [4.69, 9.17) is 0 Å². The lowest BCUT2D eigenvalue weighted by Gasteiger charge is -2.20. The van der Waals surface area contributed by atoms with Crippen molar-refractivity contribution >= 4 is 9.84 Å². The molecule has 15 heavy (non-hydrogen) atoms. The molecule has 0 bridgehead atoms. The summed E-state index contributed by atoms with van der Waals surface area (Å²) in [4.78, 5) is 0. The fourth-order valence-electron chi connectivity index (χ4n) is 1.21. The van der Waals surface area contributed by atoms with Crippen molar-refractivity contribution in [3.05, 3.63) is 0 Å². The normalized spacial score (nSPS) is 39.3. The van der Waals surface area contributed by atoms with Gasteiger partial charge in [-0.1, -0.05) is 0 Å². The Bertz CT molecular complexity index is 358. The topological polar surface area (TPSA) is 34.1 Å². The summed E-state index contributed by atoms with van der Waals surface area (Å²) >= 11 is 0. The molecule has 3 unspecified atom stereocenters. The molecule has 0 amide bonds. The first-order valence-corrected chi connectivity index (χ1v) is 4.94. The monoisotopic (exact) mass is 260 g/mol. The summed E-state index contributed by atoms with van der Waals surface area (Å²) in [5.74, 6) is -4.15. The van der Waals surface area contributed by atoms with Crippen molar-refractivity contribution in [3.63, 3.8) is 0 Å². The highest BCUT2D eigenvalue weighted by atomic mass is 32.2. The van der Waals surface area contributed by atoms with E-state index in [0.717, 1.165) is 0 Å². The molecule has 0 aromatic rings. The van der Waals surface area contributed by atoms with E-state index in [0.29, 0.717) is 0 Å². The third kappa shape index (κ3) is 1.49. The van der Waals surface area contributed by atoms with Gasteiger partial charge < -0.3 is 0 Å². The van der Waals surface area contributed by atoms with Gasteiger partial charge in [0.15, 0.2) is 12.1 Å². The van der Waals surface area contributed by atoms with Gasteiger partial charge in [0.05, 0.1) is 0 Å². The highest BCUT2D eigenvalue weighted by Gasteiger charge is 2.76. The Kier molecular flexibility index (Phi) is 2.49. The predicted molar refractivity (Wildman–Crippen MR) is 33.2 cm³/mol. The Morgan fingerprint density at radius 1 is 1.07 bits per heavy atom. The summed E-state index contributed by atoms with van der Waals surface area (Å²) in [5, 5.41) is -5.47. The molecule has 0 radical (unpaired) electrons. The first kappa shape index (κ1) is 12.5. The summed E-state index contributed by atoms with van der Waals surface area (Å²) in [5.41, 5.74) is -3.85. The molecule has 3 atom stereocenters. The van der Waals surface area contributed by atoms with Crippen molar-refractivity contribution in [3.8, 4) is 0 Å². The van der Waals surface area contributed by atoms with Gasteiger partial charge in [-0.3, -0.25) is 0 Å². The third-order valence-corrected chi connectivity index (χ3v) is 3.82. The second-order valence-electron chi connectivity index (χ2n) is 2.92. The van der Waals surface area contributed by atoms with E-state index in [-0.39, 0.29) is 0 Å². The Balaban J connectivity index is 3.34. The van der Waals surface area contributed by atoms with Crippen LogP contribution in [0.3, 0.4) is 0 Å². The van der Waals surface area contributed by atoms with E-state index >= 15 is 0 Å².